The predicted molar refractivity (Wildman–Crippen MR) is 133 cm³/mol. The molecule has 0 bridgehead atoms. The van der Waals surface area contributed by atoms with Crippen molar-refractivity contribution in [2.24, 2.45) is 16.5 Å². The zero-order chi connectivity index (χ0) is 24.2. The summed E-state index contributed by atoms with van der Waals surface area (Å²) in [6.07, 6.45) is 4.38. The van der Waals surface area contributed by atoms with E-state index in [1.807, 2.05) is 38.1 Å². The SMILES string of the molecule is C=C(N)/N=C\C(=C/N)c1cc2cc[nH]c(=O)c2c(Nc2ccc(C(C)(C)C(=O)NC)cc2)n1. The number of nitrogens with two attached hydrogens (primary N) is 2. The zero-order valence-corrected chi connectivity index (χ0v) is 18.8. The van der Waals surface area contributed by atoms with Crippen molar-refractivity contribution in [3.05, 3.63) is 82.8 Å². The van der Waals surface area contributed by atoms with Gasteiger partial charge in [-0.2, -0.15) is 0 Å². The highest BCUT2D eigenvalue weighted by Gasteiger charge is 2.28. The van der Waals surface area contributed by atoms with Crippen LogP contribution in [0.4, 0.5) is 11.5 Å². The van der Waals surface area contributed by atoms with Crippen molar-refractivity contribution in [3.8, 4) is 0 Å². The molecule has 1 amide bonds. The number of hydrogen-bond acceptors (Lipinski definition) is 7. The molecule has 9 nitrogen and oxygen atoms in total. The van der Waals surface area contributed by atoms with Gasteiger partial charge in [-0.05, 0) is 49.1 Å². The molecule has 0 aliphatic carbocycles. The fourth-order valence-corrected chi connectivity index (χ4v) is 3.35. The highest BCUT2D eigenvalue weighted by Crippen LogP contribution is 2.28. The maximum Gasteiger partial charge on any atom is 0.259 e. The number of nitrogens with one attached hydrogen (secondary N) is 3. The number of benzene rings is 1. The van der Waals surface area contributed by atoms with Crippen molar-refractivity contribution in [3.63, 3.8) is 0 Å². The molecule has 2 heterocycles. The Bertz CT molecular complexity index is 1320. The second-order valence-electron chi connectivity index (χ2n) is 7.91. The third-order valence-corrected chi connectivity index (χ3v) is 5.26. The van der Waals surface area contributed by atoms with Gasteiger partial charge in [-0.3, -0.25) is 9.59 Å². The number of aliphatic imine (C=N–C) groups is 1. The van der Waals surface area contributed by atoms with E-state index in [1.165, 1.54) is 12.4 Å². The van der Waals surface area contributed by atoms with E-state index in [4.69, 9.17) is 11.5 Å². The Balaban J connectivity index is 2.06. The number of carbonyl (C=O) groups is 1. The minimum Gasteiger partial charge on any atom is -0.404 e. The van der Waals surface area contributed by atoms with Gasteiger partial charge in [0.25, 0.3) is 5.56 Å². The summed E-state index contributed by atoms with van der Waals surface area (Å²) in [7, 11) is 1.61. The monoisotopic (exact) mass is 445 g/mol. The number of fused-ring (bicyclic) bond motifs is 1. The van der Waals surface area contributed by atoms with Crippen LogP contribution < -0.4 is 27.7 Å². The first kappa shape index (κ1) is 23.3. The van der Waals surface area contributed by atoms with Gasteiger partial charge in [0.1, 0.15) is 11.6 Å². The number of carbonyl (C=O) groups excluding carboxylic acids is 1. The van der Waals surface area contributed by atoms with Crippen molar-refractivity contribution in [2.75, 3.05) is 12.4 Å². The molecule has 33 heavy (non-hydrogen) atoms. The van der Waals surface area contributed by atoms with E-state index in [0.29, 0.717) is 33.5 Å². The number of aromatic nitrogens is 2. The van der Waals surface area contributed by atoms with Crippen molar-refractivity contribution in [1.29, 1.82) is 0 Å². The minimum atomic E-state index is -0.692. The molecule has 1 aromatic carbocycles. The summed E-state index contributed by atoms with van der Waals surface area (Å²) in [5, 5.41) is 6.95. The fraction of sp³-hybridized carbons (Fsp3) is 0.167. The van der Waals surface area contributed by atoms with Crippen LogP contribution in [0.1, 0.15) is 25.1 Å². The summed E-state index contributed by atoms with van der Waals surface area (Å²) in [6.45, 7) is 7.24. The maximum atomic E-state index is 12.6. The third-order valence-electron chi connectivity index (χ3n) is 5.26. The van der Waals surface area contributed by atoms with Crippen LogP contribution in [-0.2, 0) is 10.2 Å². The van der Waals surface area contributed by atoms with Gasteiger partial charge in [0.2, 0.25) is 5.91 Å². The molecular formula is C24H27N7O2. The van der Waals surface area contributed by atoms with Crippen LogP contribution >= 0.6 is 0 Å². The lowest BCUT2D eigenvalue weighted by Gasteiger charge is -2.23. The summed E-state index contributed by atoms with van der Waals surface area (Å²) in [6, 6.07) is 10.9. The Morgan fingerprint density at radius 1 is 1.24 bits per heavy atom. The Morgan fingerprint density at radius 2 is 1.94 bits per heavy atom. The Hall–Kier alpha value is -4.40. The molecule has 0 aliphatic heterocycles. The number of nitrogens with zero attached hydrogens (tertiary/aromatic N) is 2. The standard InChI is InChI=1S/C24H27N7O2/c1-14(26)29-13-16(12-25)19-11-15-9-10-28-22(32)20(15)21(31-19)30-18-7-5-17(6-8-18)24(2,3)23(33)27-4/h5-13H,1,25-26H2,2-4H3,(H,27,33)(H,28,32)(H,30,31)/b16-12+,29-13-. The molecule has 2 aromatic heterocycles. The van der Waals surface area contributed by atoms with Gasteiger partial charge in [-0.15, -0.1) is 0 Å². The summed E-state index contributed by atoms with van der Waals surface area (Å²) >= 11 is 0. The molecule has 0 aliphatic rings. The predicted octanol–water partition coefficient (Wildman–Crippen LogP) is 2.49. The first-order valence-corrected chi connectivity index (χ1v) is 10.2. The van der Waals surface area contributed by atoms with E-state index in [0.717, 1.165) is 5.56 Å². The van der Waals surface area contributed by atoms with Gasteiger partial charge in [0, 0.05) is 36.9 Å². The van der Waals surface area contributed by atoms with Crippen molar-refractivity contribution in [2.45, 2.75) is 19.3 Å². The normalized spacial score (nSPS) is 12.2. The number of amides is 1. The maximum absolute atomic E-state index is 12.6. The molecule has 9 heteroatoms. The zero-order valence-electron chi connectivity index (χ0n) is 18.8. The van der Waals surface area contributed by atoms with Gasteiger partial charge < -0.3 is 27.1 Å². The van der Waals surface area contributed by atoms with E-state index in [2.05, 4.69) is 32.2 Å². The average Bonchev–Trinajstić information content (AvgIpc) is 2.79. The topological polar surface area (TPSA) is 151 Å². The molecule has 3 rings (SSSR count). The molecule has 3 aromatic rings. The van der Waals surface area contributed by atoms with Crippen molar-refractivity contribution < 1.29 is 4.79 Å². The number of allylic oxidation sites excluding steroid dienone is 1. The Kier molecular flexibility index (Phi) is 6.62. The quantitative estimate of drug-likeness (QED) is 0.352. The summed E-state index contributed by atoms with van der Waals surface area (Å²) in [4.78, 5) is 36.1. The van der Waals surface area contributed by atoms with E-state index >= 15 is 0 Å². The third kappa shape index (κ3) is 4.93. The number of pyridine rings is 2. The molecule has 0 unspecified atom stereocenters. The number of aromatic amines is 1. The molecule has 7 N–H and O–H groups in total. The molecule has 0 spiro atoms. The Morgan fingerprint density at radius 3 is 2.55 bits per heavy atom. The molecule has 170 valence electrons. The molecule has 0 saturated carbocycles. The van der Waals surface area contributed by atoms with Gasteiger partial charge in [0.15, 0.2) is 0 Å². The van der Waals surface area contributed by atoms with Gasteiger partial charge in [0.05, 0.1) is 16.5 Å². The first-order chi connectivity index (χ1) is 15.7. The van der Waals surface area contributed by atoms with E-state index in [1.54, 1.807) is 25.4 Å². The average molecular weight is 446 g/mol. The molecule has 0 radical (unpaired) electrons. The number of likely N-dealkylation sites (N-methyl/N-ethyl adjacent to an activating group) is 1. The van der Waals surface area contributed by atoms with Gasteiger partial charge in [-0.25, -0.2) is 9.98 Å². The van der Waals surface area contributed by atoms with Crippen LogP contribution in [0.5, 0.6) is 0 Å². The first-order valence-electron chi connectivity index (χ1n) is 10.2. The highest BCUT2D eigenvalue weighted by atomic mass is 16.2. The van der Waals surface area contributed by atoms with Crippen LogP contribution in [0.3, 0.4) is 0 Å². The van der Waals surface area contributed by atoms with E-state index in [-0.39, 0.29) is 17.3 Å². The fourth-order valence-electron chi connectivity index (χ4n) is 3.35. The van der Waals surface area contributed by atoms with Crippen LogP contribution in [0.2, 0.25) is 0 Å². The van der Waals surface area contributed by atoms with Crippen LogP contribution in [-0.4, -0.2) is 29.1 Å². The van der Waals surface area contributed by atoms with Gasteiger partial charge in [-0.1, -0.05) is 18.7 Å². The summed E-state index contributed by atoms with van der Waals surface area (Å²) < 4.78 is 0. The number of anilines is 2. The minimum absolute atomic E-state index is 0.0852. The largest absolute Gasteiger partial charge is 0.404 e. The van der Waals surface area contributed by atoms with Gasteiger partial charge >= 0.3 is 0 Å². The van der Waals surface area contributed by atoms with Crippen LogP contribution in [0, 0.1) is 0 Å². The van der Waals surface area contributed by atoms with Crippen LogP contribution in [0.15, 0.2) is 71.0 Å². The lowest BCUT2D eigenvalue weighted by atomic mass is 9.83. The number of H-pyrrole nitrogens is 1. The molecular weight excluding hydrogens is 418 g/mol. The lowest BCUT2D eigenvalue weighted by molar-refractivity contribution is -0.125. The lowest BCUT2D eigenvalue weighted by Crippen LogP contribution is -2.37. The molecule has 0 atom stereocenters. The summed E-state index contributed by atoms with van der Waals surface area (Å²) in [5.41, 5.74) is 12.9. The smallest absolute Gasteiger partial charge is 0.259 e. The Labute approximate surface area is 191 Å². The van der Waals surface area contributed by atoms with Crippen LogP contribution in [0.25, 0.3) is 16.3 Å². The second kappa shape index (κ2) is 9.39. The molecule has 0 saturated heterocycles. The highest BCUT2D eigenvalue weighted by molar-refractivity contribution is 6.10. The molecule has 0 fully saturated rings. The van der Waals surface area contributed by atoms with Crippen molar-refractivity contribution in [1.82, 2.24) is 15.3 Å². The van der Waals surface area contributed by atoms with Crippen molar-refractivity contribution >= 4 is 40.0 Å². The van der Waals surface area contributed by atoms with E-state index in [9.17, 15) is 9.59 Å². The number of rotatable bonds is 7. The van der Waals surface area contributed by atoms with E-state index < -0.39 is 5.41 Å². The number of hydrogen-bond donors (Lipinski definition) is 5. The summed E-state index contributed by atoms with van der Waals surface area (Å²) in [5.74, 6) is 0.393. The second-order valence-corrected chi connectivity index (χ2v) is 7.91.